The van der Waals surface area contributed by atoms with E-state index in [1.807, 2.05) is 46.9 Å². The van der Waals surface area contributed by atoms with E-state index in [0.29, 0.717) is 22.6 Å². The third-order valence-electron chi connectivity index (χ3n) is 5.73. The number of rotatable bonds is 6. The number of nitrogens with one attached hydrogen (secondary N) is 1. The van der Waals surface area contributed by atoms with Gasteiger partial charge in [0.25, 0.3) is 5.91 Å². The van der Waals surface area contributed by atoms with Crippen molar-refractivity contribution in [2.24, 2.45) is 18.6 Å². The van der Waals surface area contributed by atoms with Crippen molar-refractivity contribution in [2.75, 3.05) is 10.3 Å². The second-order valence-electron chi connectivity index (χ2n) is 8.68. The van der Waals surface area contributed by atoms with Gasteiger partial charge in [0.15, 0.2) is 0 Å². The molecule has 5 N–H and O–H groups in total. The molecule has 1 heterocycles. The fourth-order valence-electron chi connectivity index (χ4n) is 3.39. The van der Waals surface area contributed by atoms with Gasteiger partial charge in [-0.05, 0) is 69.2 Å². The molecule has 0 spiro atoms. The fraction of sp³-hybridized carbons (Fsp3) is 0.240. The molecule has 176 valence electrons. The highest BCUT2D eigenvalue weighted by atomic mass is 79.9. The molecule has 0 saturated heterocycles. The number of benzene rings is 2. The lowest BCUT2D eigenvalue weighted by atomic mass is 9.85. The molecule has 1 aromatic heterocycles. The molecular formula is C25H28BrN7O. The number of amides is 1. The van der Waals surface area contributed by atoms with Crippen LogP contribution < -0.4 is 21.9 Å². The molecule has 0 fully saturated rings. The minimum absolute atomic E-state index is 0.296. The van der Waals surface area contributed by atoms with Crippen LogP contribution in [0.1, 0.15) is 46.6 Å². The number of anilines is 2. The molecule has 3 aromatic rings. The maximum absolute atomic E-state index is 13.0. The second-order valence-corrected chi connectivity index (χ2v) is 9.60. The van der Waals surface area contributed by atoms with Crippen LogP contribution in [0.5, 0.6) is 0 Å². The Hall–Kier alpha value is -3.61. The first-order valence-electron chi connectivity index (χ1n) is 10.6. The van der Waals surface area contributed by atoms with Gasteiger partial charge in [0.2, 0.25) is 0 Å². The monoisotopic (exact) mass is 521 g/mol. The molecule has 1 amide bonds. The molecule has 0 aliphatic heterocycles. The number of carbonyl (C=O) groups excluding carboxylic acids is 1. The molecule has 0 aliphatic rings. The van der Waals surface area contributed by atoms with Crippen molar-refractivity contribution >= 4 is 38.9 Å². The highest BCUT2D eigenvalue weighted by molar-refractivity contribution is 9.10. The molecule has 0 radical (unpaired) electrons. The average Bonchev–Trinajstić information content (AvgIpc) is 3.12. The molecule has 0 aliphatic carbocycles. The zero-order valence-corrected chi connectivity index (χ0v) is 21.4. The Balaban J connectivity index is 1.87. The Bertz CT molecular complexity index is 1320. The molecule has 0 saturated carbocycles. The molecule has 34 heavy (non-hydrogen) atoms. The van der Waals surface area contributed by atoms with E-state index in [-0.39, 0.29) is 5.91 Å². The first-order chi connectivity index (χ1) is 15.9. The summed E-state index contributed by atoms with van der Waals surface area (Å²) >= 11 is 3.44. The quantitative estimate of drug-likeness (QED) is 0.324. The zero-order chi connectivity index (χ0) is 25.2. The summed E-state index contributed by atoms with van der Waals surface area (Å²) in [5, 5.41) is 18.0. The van der Waals surface area contributed by atoms with Crippen molar-refractivity contribution < 1.29 is 4.79 Å². The van der Waals surface area contributed by atoms with Crippen molar-refractivity contribution in [3.8, 4) is 6.07 Å². The van der Waals surface area contributed by atoms with Crippen molar-refractivity contribution in [3.63, 3.8) is 0 Å². The molecule has 0 bridgehead atoms. The van der Waals surface area contributed by atoms with Gasteiger partial charge in [-0.2, -0.15) is 10.4 Å². The van der Waals surface area contributed by atoms with Crippen LogP contribution in [0.4, 0.5) is 11.4 Å². The van der Waals surface area contributed by atoms with E-state index in [9.17, 15) is 10.1 Å². The van der Waals surface area contributed by atoms with E-state index < -0.39 is 5.41 Å². The molecule has 0 atom stereocenters. The van der Waals surface area contributed by atoms with E-state index in [1.54, 1.807) is 41.3 Å². The molecular weight excluding hydrogens is 494 g/mol. The summed E-state index contributed by atoms with van der Waals surface area (Å²) < 4.78 is 2.46. The molecule has 0 unspecified atom stereocenters. The first kappa shape index (κ1) is 25.0. The largest absolute Gasteiger partial charge is 0.397 e. The van der Waals surface area contributed by atoms with Crippen LogP contribution in [0, 0.1) is 25.2 Å². The second kappa shape index (κ2) is 9.71. The van der Waals surface area contributed by atoms with Gasteiger partial charge in [0, 0.05) is 40.2 Å². The van der Waals surface area contributed by atoms with Gasteiger partial charge in [0.1, 0.15) is 0 Å². The van der Waals surface area contributed by atoms with Crippen LogP contribution in [0.3, 0.4) is 0 Å². The average molecular weight is 522 g/mol. The van der Waals surface area contributed by atoms with Gasteiger partial charge in [-0.3, -0.25) is 14.5 Å². The normalized spacial score (nSPS) is 11.8. The van der Waals surface area contributed by atoms with Crippen LogP contribution in [0.15, 0.2) is 53.3 Å². The van der Waals surface area contributed by atoms with Crippen LogP contribution in [0.25, 0.3) is 5.70 Å². The number of nitriles is 1. The Labute approximate surface area is 207 Å². The number of hydrazine groups is 1. The van der Waals surface area contributed by atoms with Crippen LogP contribution in [-0.4, -0.2) is 15.7 Å². The topological polar surface area (TPSA) is 126 Å². The van der Waals surface area contributed by atoms with E-state index in [2.05, 4.69) is 32.4 Å². The predicted octanol–water partition coefficient (Wildman–Crippen LogP) is 4.49. The third-order valence-corrected chi connectivity index (χ3v) is 6.19. The van der Waals surface area contributed by atoms with Gasteiger partial charge < -0.3 is 11.1 Å². The maximum Gasteiger partial charge on any atom is 0.255 e. The van der Waals surface area contributed by atoms with Crippen molar-refractivity contribution in [3.05, 3.63) is 81.2 Å². The van der Waals surface area contributed by atoms with E-state index >= 15 is 0 Å². The summed E-state index contributed by atoms with van der Waals surface area (Å²) in [6.07, 6.45) is 3.32. The molecule has 9 heteroatoms. The number of carbonyl (C=O) groups is 1. The summed E-state index contributed by atoms with van der Waals surface area (Å²) in [7, 11) is 1.85. The van der Waals surface area contributed by atoms with Gasteiger partial charge in [-0.1, -0.05) is 22.0 Å². The van der Waals surface area contributed by atoms with Gasteiger partial charge >= 0.3 is 0 Å². The van der Waals surface area contributed by atoms with Gasteiger partial charge in [-0.15, -0.1) is 0 Å². The maximum atomic E-state index is 13.0. The Morgan fingerprint density at radius 3 is 2.59 bits per heavy atom. The summed E-state index contributed by atoms with van der Waals surface area (Å²) in [5.74, 6) is 6.01. The summed E-state index contributed by atoms with van der Waals surface area (Å²) in [4.78, 5) is 13.0. The van der Waals surface area contributed by atoms with Crippen LogP contribution in [-0.2, 0) is 12.5 Å². The Kier molecular flexibility index (Phi) is 7.15. The minimum Gasteiger partial charge on any atom is -0.397 e. The fourth-order valence-corrected chi connectivity index (χ4v) is 3.88. The molecule has 2 aromatic carbocycles. The summed E-state index contributed by atoms with van der Waals surface area (Å²) in [6, 6.07) is 13.0. The number of nitrogens with two attached hydrogens (primary N) is 2. The van der Waals surface area contributed by atoms with E-state index in [0.717, 1.165) is 26.9 Å². The predicted molar refractivity (Wildman–Crippen MR) is 139 cm³/mol. The number of halogens is 1. The lowest BCUT2D eigenvalue weighted by Crippen LogP contribution is -2.26. The zero-order valence-electron chi connectivity index (χ0n) is 19.8. The van der Waals surface area contributed by atoms with Crippen LogP contribution in [0.2, 0.25) is 0 Å². The number of hydrogen-bond acceptors (Lipinski definition) is 6. The minimum atomic E-state index is -0.727. The smallest absolute Gasteiger partial charge is 0.255 e. The Morgan fingerprint density at radius 2 is 1.97 bits per heavy atom. The summed E-state index contributed by atoms with van der Waals surface area (Å²) in [6.45, 7) is 7.47. The van der Waals surface area contributed by atoms with Crippen molar-refractivity contribution in [2.45, 2.75) is 33.1 Å². The number of nitrogens with zero attached hydrogens (tertiary/aromatic N) is 4. The highest BCUT2D eigenvalue weighted by Gasteiger charge is 2.22. The van der Waals surface area contributed by atoms with E-state index in [1.165, 1.54) is 5.01 Å². The highest BCUT2D eigenvalue weighted by Crippen LogP contribution is 2.28. The number of aryl methyl sites for hydroxylation is 2. The van der Waals surface area contributed by atoms with Crippen LogP contribution >= 0.6 is 15.9 Å². The SMILES string of the molecule is Cc1ccc(NC(=O)c2cc(Br)cc(C(C)(C)C#N)c2)cc1N(N)/C=C(\N)c1cnn(C)c1C. The lowest BCUT2D eigenvalue weighted by molar-refractivity contribution is 0.102. The standard InChI is InChI=1S/C25H28BrN7O/c1-15-6-7-20(11-23(15)33(29)13-22(28)21-12-30-32(5)16(21)2)31-24(34)17-8-18(10-19(26)9-17)25(3,4)14-27/h6-13H,28-29H2,1-5H3,(H,31,34)/b22-13-. The lowest BCUT2D eigenvalue weighted by Gasteiger charge is -2.19. The number of hydrogen-bond donors (Lipinski definition) is 3. The van der Waals surface area contributed by atoms with Crippen molar-refractivity contribution in [1.29, 1.82) is 5.26 Å². The third kappa shape index (κ3) is 5.30. The first-order valence-corrected chi connectivity index (χ1v) is 11.4. The number of aromatic nitrogens is 2. The summed E-state index contributed by atoms with van der Waals surface area (Å²) in [5.41, 5.74) is 11.1. The van der Waals surface area contributed by atoms with Gasteiger partial charge in [0.05, 0.1) is 29.1 Å². The Morgan fingerprint density at radius 1 is 1.26 bits per heavy atom. The molecule has 8 nitrogen and oxygen atoms in total. The van der Waals surface area contributed by atoms with E-state index in [4.69, 9.17) is 11.6 Å². The molecule has 3 rings (SSSR count). The van der Waals surface area contributed by atoms with Gasteiger partial charge in [-0.25, -0.2) is 5.84 Å². The van der Waals surface area contributed by atoms with Crippen molar-refractivity contribution in [1.82, 2.24) is 9.78 Å².